The minimum absolute atomic E-state index is 0.248. The molecule has 4 aromatic rings. The lowest BCUT2D eigenvalue weighted by molar-refractivity contribution is 0.174. The standard InChI is InChI=1S/C27H24O3P/c1-28-25-18-27-26(29-20-30-27)17-21(25)19-31(22-11-5-2-6-12-22,23-13-7-3-8-14-23)24-15-9-4-10-16-24/h2-18H,19-20H2,1H3/q+1. The summed E-state index contributed by atoms with van der Waals surface area (Å²) in [5.41, 5.74) is 1.12. The Morgan fingerprint density at radius 2 is 1.13 bits per heavy atom. The first-order chi connectivity index (χ1) is 15.3. The molecule has 0 radical (unpaired) electrons. The van der Waals surface area contributed by atoms with Crippen molar-refractivity contribution in [3.63, 3.8) is 0 Å². The maximum Gasteiger partial charge on any atom is 0.231 e. The molecule has 0 saturated heterocycles. The summed E-state index contributed by atoms with van der Waals surface area (Å²) >= 11 is 0. The molecule has 0 fully saturated rings. The third-order valence-electron chi connectivity index (χ3n) is 5.77. The van der Waals surface area contributed by atoms with Gasteiger partial charge in [0.1, 0.15) is 35.1 Å². The summed E-state index contributed by atoms with van der Waals surface area (Å²) in [6.45, 7) is 0.248. The van der Waals surface area contributed by atoms with Crippen molar-refractivity contribution in [3.05, 3.63) is 109 Å². The molecular formula is C27H24O3P+. The van der Waals surface area contributed by atoms with Crippen LogP contribution < -0.4 is 30.1 Å². The Kier molecular flexibility index (Phi) is 5.36. The largest absolute Gasteiger partial charge is 0.496 e. The summed E-state index contributed by atoms with van der Waals surface area (Å²) < 4.78 is 17.1. The van der Waals surface area contributed by atoms with E-state index in [2.05, 4.69) is 97.1 Å². The van der Waals surface area contributed by atoms with Gasteiger partial charge in [-0.3, -0.25) is 0 Å². The van der Waals surface area contributed by atoms with E-state index in [1.54, 1.807) is 7.11 Å². The van der Waals surface area contributed by atoms with Crippen LogP contribution in [0.1, 0.15) is 5.56 Å². The average Bonchev–Trinajstić information content (AvgIpc) is 3.31. The van der Waals surface area contributed by atoms with E-state index in [-0.39, 0.29) is 6.79 Å². The number of rotatable bonds is 6. The molecule has 31 heavy (non-hydrogen) atoms. The van der Waals surface area contributed by atoms with Crippen LogP contribution in [0.15, 0.2) is 103 Å². The van der Waals surface area contributed by atoms with Crippen molar-refractivity contribution in [2.24, 2.45) is 0 Å². The Morgan fingerprint density at radius 1 is 0.677 bits per heavy atom. The monoisotopic (exact) mass is 427 g/mol. The topological polar surface area (TPSA) is 27.7 Å². The first-order valence-corrected chi connectivity index (χ1v) is 12.3. The van der Waals surface area contributed by atoms with Crippen LogP contribution in [0.4, 0.5) is 0 Å². The molecule has 1 aliphatic heterocycles. The molecule has 0 unspecified atom stereocenters. The van der Waals surface area contributed by atoms with Crippen molar-refractivity contribution >= 4 is 23.2 Å². The predicted octanol–water partition coefficient (Wildman–Crippen LogP) is 4.92. The third-order valence-corrected chi connectivity index (χ3v) is 10.1. The van der Waals surface area contributed by atoms with Crippen LogP contribution >= 0.6 is 7.26 Å². The van der Waals surface area contributed by atoms with Gasteiger partial charge in [0.25, 0.3) is 0 Å². The fourth-order valence-electron chi connectivity index (χ4n) is 4.30. The van der Waals surface area contributed by atoms with Crippen molar-refractivity contribution in [3.8, 4) is 17.2 Å². The van der Waals surface area contributed by atoms with Crippen molar-refractivity contribution in [1.29, 1.82) is 0 Å². The smallest absolute Gasteiger partial charge is 0.231 e. The zero-order valence-electron chi connectivity index (χ0n) is 17.4. The Hall–Kier alpha value is -3.29. The molecule has 0 N–H and O–H groups in total. The SMILES string of the molecule is COc1cc2c(cc1C[P+](c1ccccc1)(c1ccccc1)c1ccccc1)OCO2. The van der Waals surface area contributed by atoms with Gasteiger partial charge in [0, 0.05) is 11.6 Å². The second kappa shape index (κ2) is 8.45. The maximum absolute atomic E-state index is 5.81. The summed E-state index contributed by atoms with van der Waals surface area (Å²) in [5.74, 6) is 2.35. The van der Waals surface area contributed by atoms with E-state index in [4.69, 9.17) is 14.2 Å². The molecule has 0 bridgehead atoms. The molecule has 5 rings (SSSR count). The zero-order chi connectivity index (χ0) is 21.1. The maximum atomic E-state index is 5.81. The second-order valence-electron chi connectivity index (χ2n) is 7.49. The number of benzene rings is 4. The number of methoxy groups -OCH3 is 1. The number of hydrogen-bond donors (Lipinski definition) is 0. The highest BCUT2D eigenvalue weighted by Gasteiger charge is 2.46. The van der Waals surface area contributed by atoms with Crippen molar-refractivity contribution in [1.82, 2.24) is 0 Å². The van der Waals surface area contributed by atoms with Crippen molar-refractivity contribution in [2.45, 2.75) is 6.16 Å². The molecule has 1 aliphatic rings. The lowest BCUT2D eigenvalue weighted by Gasteiger charge is -2.28. The van der Waals surface area contributed by atoms with Crippen LogP contribution in [0.3, 0.4) is 0 Å². The van der Waals surface area contributed by atoms with Crippen LogP contribution in [0.25, 0.3) is 0 Å². The van der Waals surface area contributed by atoms with Gasteiger partial charge in [0.2, 0.25) is 6.79 Å². The van der Waals surface area contributed by atoms with Gasteiger partial charge in [-0.25, -0.2) is 0 Å². The van der Waals surface area contributed by atoms with Crippen molar-refractivity contribution < 1.29 is 14.2 Å². The highest BCUT2D eigenvalue weighted by atomic mass is 31.2. The average molecular weight is 427 g/mol. The molecule has 0 saturated carbocycles. The first kappa shape index (κ1) is 19.7. The number of fused-ring (bicyclic) bond motifs is 1. The fraction of sp³-hybridized carbons (Fsp3) is 0.111. The third kappa shape index (κ3) is 3.56. The van der Waals surface area contributed by atoms with Crippen LogP contribution in [-0.4, -0.2) is 13.9 Å². The van der Waals surface area contributed by atoms with Gasteiger partial charge in [0.05, 0.1) is 7.11 Å². The van der Waals surface area contributed by atoms with E-state index in [1.165, 1.54) is 15.9 Å². The minimum Gasteiger partial charge on any atom is -0.496 e. The van der Waals surface area contributed by atoms with E-state index in [0.29, 0.717) is 0 Å². The molecular weight excluding hydrogens is 403 g/mol. The van der Waals surface area contributed by atoms with Gasteiger partial charge in [-0.2, -0.15) is 0 Å². The normalized spacial score (nSPS) is 12.5. The molecule has 4 heteroatoms. The van der Waals surface area contributed by atoms with Crippen LogP contribution in [0, 0.1) is 0 Å². The fourth-order valence-corrected chi connectivity index (χ4v) is 8.55. The molecule has 154 valence electrons. The highest BCUT2D eigenvalue weighted by Crippen LogP contribution is 2.59. The molecule has 0 amide bonds. The zero-order valence-corrected chi connectivity index (χ0v) is 18.3. The second-order valence-corrected chi connectivity index (χ2v) is 11.0. The summed E-state index contributed by atoms with van der Waals surface area (Å²) in [5, 5.41) is 4.02. The van der Waals surface area contributed by atoms with Crippen molar-refractivity contribution in [2.75, 3.05) is 13.9 Å². The quantitative estimate of drug-likeness (QED) is 0.409. The van der Waals surface area contributed by atoms with Gasteiger partial charge in [-0.1, -0.05) is 54.6 Å². The lowest BCUT2D eigenvalue weighted by atomic mass is 10.2. The van der Waals surface area contributed by atoms with Gasteiger partial charge in [-0.15, -0.1) is 0 Å². The van der Waals surface area contributed by atoms with Gasteiger partial charge in [-0.05, 0) is 42.5 Å². The molecule has 4 aromatic carbocycles. The minimum atomic E-state index is -2.02. The first-order valence-electron chi connectivity index (χ1n) is 10.3. The van der Waals surface area contributed by atoms with E-state index in [9.17, 15) is 0 Å². The molecule has 0 spiro atoms. The number of hydrogen-bond acceptors (Lipinski definition) is 3. The molecule has 0 aliphatic carbocycles. The number of ether oxygens (including phenoxy) is 3. The Bertz CT molecular complexity index is 1060. The molecule has 0 aromatic heterocycles. The van der Waals surface area contributed by atoms with Gasteiger partial charge < -0.3 is 14.2 Å². The Morgan fingerprint density at radius 3 is 1.58 bits per heavy atom. The molecule has 0 atom stereocenters. The summed E-state index contributed by atoms with van der Waals surface area (Å²) in [4.78, 5) is 0. The highest BCUT2D eigenvalue weighted by molar-refractivity contribution is 7.95. The Labute approximate surface area is 183 Å². The summed E-state index contributed by atoms with van der Waals surface area (Å²) in [6.07, 6.45) is 0.824. The lowest BCUT2D eigenvalue weighted by Crippen LogP contribution is -2.32. The summed E-state index contributed by atoms with van der Waals surface area (Å²) in [7, 11) is -0.300. The summed E-state index contributed by atoms with van der Waals surface area (Å²) in [6, 6.07) is 36.6. The predicted molar refractivity (Wildman–Crippen MR) is 128 cm³/mol. The van der Waals surface area contributed by atoms with E-state index < -0.39 is 7.26 Å². The van der Waals surface area contributed by atoms with Gasteiger partial charge >= 0.3 is 0 Å². The Balaban J connectivity index is 1.77. The molecule has 1 heterocycles. The van der Waals surface area contributed by atoms with Crippen LogP contribution in [0.5, 0.6) is 17.2 Å². The van der Waals surface area contributed by atoms with Crippen LogP contribution in [-0.2, 0) is 6.16 Å². The molecule has 3 nitrogen and oxygen atoms in total. The van der Waals surface area contributed by atoms with E-state index in [0.717, 1.165) is 29.0 Å². The van der Waals surface area contributed by atoms with Crippen LogP contribution in [0.2, 0.25) is 0 Å². The van der Waals surface area contributed by atoms with E-state index >= 15 is 0 Å². The van der Waals surface area contributed by atoms with E-state index in [1.807, 2.05) is 6.07 Å². The van der Waals surface area contributed by atoms with Gasteiger partial charge in [0.15, 0.2) is 11.5 Å².